The molecule has 0 saturated heterocycles. The summed E-state index contributed by atoms with van der Waals surface area (Å²) in [6.45, 7) is 7.44. The highest BCUT2D eigenvalue weighted by molar-refractivity contribution is 6.33. The molecule has 1 aromatic heterocycles. The molecular weight excluding hydrogens is 373 g/mol. The molecular formula is C24H31Cl2N. The molecule has 0 spiro atoms. The molecule has 2 aromatic carbocycles. The maximum atomic E-state index is 6.45. The average molecular weight is 404 g/mol. The van der Waals surface area contributed by atoms with Crippen LogP contribution in [-0.4, -0.2) is 4.57 Å². The summed E-state index contributed by atoms with van der Waals surface area (Å²) in [4.78, 5) is 0. The number of rotatable bonds is 9. The fourth-order valence-electron chi connectivity index (χ4n) is 3.99. The number of nitrogens with zero attached hydrogens (tertiary/aromatic N) is 1. The maximum Gasteiger partial charge on any atom is 0.0506 e. The molecule has 0 aliphatic rings. The molecule has 0 aliphatic carbocycles. The summed E-state index contributed by atoms with van der Waals surface area (Å²) in [7, 11) is 0. The SMILES string of the molecule is CCCCCCCCCCn1c2cc(Cl)c(C)cc2c2cc(C)c(Cl)cc21. The summed E-state index contributed by atoms with van der Waals surface area (Å²) < 4.78 is 2.42. The Morgan fingerprint density at radius 2 is 1.11 bits per heavy atom. The second-order valence-electron chi connectivity index (χ2n) is 7.86. The minimum Gasteiger partial charge on any atom is -0.340 e. The van der Waals surface area contributed by atoms with Crippen molar-refractivity contribution in [3.05, 3.63) is 45.4 Å². The van der Waals surface area contributed by atoms with Crippen molar-refractivity contribution in [3.63, 3.8) is 0 Å². The van der Waals surface area contributed by atoms with E-state index in [9.17, 15) is 0 Å². The van der Waals surface area contributed by atoms with E-state index in [1.54, 1.807) is 0 Å². The van der Waals surface area contributed by atoms with Crippen molar-refractivity contribution in [3.8, 4) is 0 Å². The van der Waals surface area contributed by atoms with Crippen molar-refractivity contribution in [1.29, 1.82) is 0 Å². The number of unbranched alkanes of at least 4 members (excludes halogenated alkanes) is 7. The van der Waals surface area contributed by atoms with Gasteiger partial charge < -0.3 is 4.57 Å². The third-order valence-corrected chi connectivity index (χ3v) is 6.48. The Bertz CT molecular complexity index is 858. The zero-order valence-corrected chi connectivity index (χ0v) is 18.4. The summed E-state index contributed by atoms with van der Waals surface area (Å²) in [5, 5.41) is 4.24. The van der Waals surface area contributed by atoms with E-state index in [4.69, 9.17) is 23.2 Å². The molecule has 3 rings (SSSR count). The Hall–Kier alpha value is -1.18. The lowest BCUT2D eigenvalue weighted by Crippen LogP contribution is -1.98. The van der Waals surface area contributed by atoms with Gasteiger partial charge in [-0.25, -0.2) is 0 Å². The predicted molar refractivity (Wildman–Crippen MR) is 122 cm³/mol. The molecule has 0 unspecified atom stereocenters. The van der Waals surface area contributed by atoms with Gasteiger partial charge in [0.15, 0.2) is 0 Å². The fourth-order valence-corrected chi connectivity index (χ4v) is 4.31. The first-order chi connectivity index (χ1) is 13.0. The van der Waals surface area contributed by atoms with Gasteiger partial charge in [0.05, 0.1) is 11.0 Å². The van der Waals surface area contributed by atoms with Crippen LogP contribution in [0.5, 0.6) is 0 Å². The zero-order chi connectivity index (χ0) is 19.4. The van der Waals surface area contributed by atoms with Gasteiger partial charge in [-0.1, -0.05) is 75.1 Å². The molecule has 0 fully saturated rings. The quantitative estimate of drug-likeness (QED) is 0.314. The first-order valence-electron chi connectivity index (χ1n) is 10.4. The average Bonchev–Trinajstić information content (AvgIpc) is 2.90. The van der Waals surface area contributed by atoms with Crippen LogP contribution in [0, 0.1) is 13.8 Å². The number of benzene rings is 2. The highest BCUT2D eigenvalue weighted by atomic mass is 35.5. The molecule has 1 nitrogen and oxygen atoms in total. The van der Waals surface area contributed by atoms with Gasteiger partial charge in [-0.05, 0) is 55.7 Å². The van der Waals surface area contributed by atoms with Crippen molar-refractivity contribution < 1.29 is 0 Å². The molecule has 0 radical (unpaired) electrons. The Kier molecular flexibility index (Phi) is 7.11. The summed E-state index contributed by atoms with van der Waals surface area (Å²) >= 11 is 12.9. The monoisotopic (exact) mass is 403 g/mol. The van der Waals surface area contributed by atoms with E-state index in [1.807, 2.05) is 0 Å². The molecule has 3 aromatic rings. The number of halogens is 2. The predicted octanol–water partition coefficient (Wildman–Crippen LogP) is 8.86. The molecule has 0 saturated carbocycles. The van der Waals surface area contributed by atoms with E-state index in [0.717, 1.165) is 27.7 Å². The van der Waals surface area contributed by atoms with Crippen LogP contribution in [-0.2, 0) is 6.54 Å². The van der Waals surface area contributed by atoms with Gasteiger partial charge in [0, 0.05) is 27.4 Å². The van der Waals surface area contributed by atoms with Gasteiger partial charge in [0.2, 0.25) is 0 Å². The van der Waals surface area contributed by atoms with Crippen molar-refractivity contribution in [2.75, 3.05) is 0 Å². The number of aromatic nitrogens is 1. The van der Waals surface area contributed by atoms with Crippen LogP contribution in [0.4, 0.5) is 0 Å². The highest BCUT2D eigenvalue weighted by Gasteiger charge is 2.14. The van der Waals surface area contributed by atoms with E-state index < -0.39 is 0 Å². The molecule has 0 bridgehead atoms. The molecule has 0 amide bonds. The van der Waals surface area contributed by atoms with Crippen LogP contribution >= 0.6 is 23.2 Å². The summed E-state index contributed by atoms with van der Waals surface area (Å²) in [6, 6.07) is 8.69. The lowest BCUT2D eigenvalue weighted by molar-refractivity contribution is 0.553. The third-order valence-electron chi connectivity index (χ3n) is 5.66. The second-order valence-corrected chi connectivity index (χ2v) is 8.68. The number of aryl methyl sites for hydroxylation is 3. The lowest BCUT2D eigenvalue weighted by Gasteiger charge is -2.09. The minimum atomic E-state index is 0.838. The molecule has 0 atom stereocenters. The first kappa shape index (κ1) is 20.6. The molecule has 146 valence electrons. The largest absolute Gasteiger partial charge is 0.340 e. The van der Waals surface area contributed by atoms with Gasteiger partial charge in [0.25, 0.3) is 0 Å². The first-order valence-corrected chi connectivity index (χ1v) is 11.2. The second kappa shape index (κ2) is 9.34. The van der Waals surface area contributed by atoms with Gasteiger partial charge >= 0.3 is 0 Å². The van der Waals surface area contributed by atoms with Crippen LogP contribution in [0.25, 0.3) is 21.8 Å². The fraction of sp³-hybridized carbons (Fsp3) is 0.500. The minimum absolute atomic E-state index is 0.838. The van der Waals surface area contributed by atoms with Crippen molar-refractivity contribution in [1.82, 2.24) is 4.57 Å². The maximum absolute atomic E-state index is 6.45. The van der Waals surface area contributed by atoms with Gasteiger partial charge in [0.1, 0.15) is 0 Å². The summed E-state index contributed by atoms with van der Waals surface area (Å²) in [5.74, 6) is 0. The van der Waals surface area contributed by atoms with Crippen LogP contribution in [0.2, 0.25) is 10.0 Å². The van der Waals surface area contributed by atoms with Crippen LogP contribution in [0.3, 0.4) is 0 Å². The molecule has 0 N–H and O–H groups in total. The third kappa shape index (κ3) is 4.63. The van der Waals surface area contributed by atoms with E-state index >= 15 is 0 Å². The van der Waals surface area contributed by atoms with E-state index in [1.165, 1.54) is 73.2 Å². The van der Waals surface area contributed by atoms with Crippen molar-refractivity contribution in [2.24, 2.45) is 0 Å². The van der Waals surface area contributed by atoms with Gasteiger partial charge in [-0.15, -0.1) is 0 Å². The Morgan fingerprint density at radius 1 is 0.667 bits per heavy atom. The molecule has 1 heterocycles. The summed E-state index contributed by atoms with van der Waals surface area (Å²) in [6.07, 6.45) is 10.6. The molecule has 0 aliphatic heterocycles. The van der Waals surface area contributed by atoms with Gasteiger partial charge in [-0.3, -0.25) is 0 Å². The Labute approximate surface area is 173 Å². The molecule has 3 heteroatoms. The topological polar surface area (TPSA) is 4.93 Å². The normalized spacial score (nSPS) is 11.7. The highest BCUT2D eigenvalue weighted by Crippen LogP contribution is 2.35. The lowest BCUT2D eigenvalue weighted by atomic mass is 10.1. The number of fused-ring (bicyclic) bond motifs is 3. The van der Waals surface area contributed by atoms with E-state index in [2.05, 4.69) is 49.6 Å². The molecule has 27 heavy (non-hydrogen) atoms. The van der Waals surface area contributed by atoms with E-state index in [-0.39, 0.29) is 0 Å². The van der Waals surface area contributed by atoms with Crippen LogP contribution < -0.4 is 0 Å². The van der Waals surface area contributed by atoms with Crippen LogP contribution in [0.15, 0.2) is 24.3 Å². The van der Waals surface area contributed by atoms with Crippen molar-refractivity contribution >= 4 is 45.0 Å². The number of hydrogen-bond acceptors (Lipinski definition) is 0. The number of hydrogen-bond donors (Lipinski definition) is 0. The zero-order valence-electron chi connectivity index (χ0n) is 16.9. The van der Waals surface area contributed by atoms with Crippen molar-refractivity contribution in [2.45, 2.75) is 78.7 Å². The van der Waals surface area contributed by atoms with E-state index in [0.29, 0.717) is 0 Å². The Balaban J connectivity index is 1.80. The standard InChI is InChI=1S/C24H31Cl2N/c1-4-5-6-7-8-9-10-11-12-27-23-15-21(25)17(2)13-19(23)20-14-18(3)22(26)16-24(20)27/h13-16H,4-12H2,1-3H3. The van der Waals surface area contributed by atoms with Crippen LogP contribution in [0.1, 0.15) is 69.4 Å². The smallest absolute Gasteiger partial charge is 0.0506 e. The van der Waals surface area contributed by atoms with Gasteiger partial charge in [-0.2, -0.15) is 0 Å². The summed E-state index contributed by atoms with van der Waals surface area (Å²) in [5.41, 5.74) is 4.71. The Morgan fingerprint density at radius 3 is 1.59 bits per heavy atom.